The molecule has 0 fully saturated rings. The summed E-state index contributed by atoms with van der Waals surface area (Å²) in [6, 6.07) is 0. The largest absolute Gasteiger partial charge is 0.346 e. The van der Waals surface area contributed by atoms with Gasteiger partial charge in [-0.05, 0) is 5.10 Å². The van der Waals surface area contributed by atoms with E-state index in [1.165, 1.54) is 0 Å². The molecule has 0 unspecified atom stereocenters. The van der Waals surface area contributed by atoms with Gasteiger partial charge in [-0.25, -0.2) is 10.1 Å². The van der Waals surface area contributed by atoms with Gasteiger partial charge in [0, 0.05) is 4.85 Å². The molecule has 0 saturated carbocycles. The minimum absolute atomic E-state index is 0.170. The third kappa shape index (κ3) is 1.10. The number of nitrogens with zero attached hydrogens (tertiary/aromatic N) is 4. The molecular formula is C2H3N5O3. The zero-order valence-corrected chi connectivity index (χ0v) is 4.67. The molecule has 0 aromatic carbocycles. The first-order valence-electron chi connectivity index (χ1n) is 2.18. The van der Waals surface area contributed by atoms with Crippen molar-refractivity contribution in [2.24, 2.45) is 0 Å². The SMILES string of the molecule is Nc1ncnn1O[N+](=O)[O-]. The Hall–Kier alpha value is -1.86. The molecular weight excluding hydrogens is 142 g/mol. The Morgan fingerprint density at radius 2 is 2.60 bits per heavy atom. The zero-order chi connectivity index (χ0) is 7.56. The molecule has 0 aliphatic heterocycles. The van der Waals surface area contributed by atoms with E-state index < -0.39 is 5.09 Å². The molecule has 1 heterocycles. The summed E-state index contributed by atoms with van der Waals surface area (Å²) in [5.41, 5.74) is 5.05. The van der Waals surface area contributed by atoms with Crippen molar-refractivity contribution < 1.29 is 10.0 Å². The Kier molecular flexibility index (Phi) is 1.36. The van der Waals surface area contributed by atoms with E-state index in [0.717, 1.165) is 6.33 Å². The standard InChI is InChI=1S/C2H3N5O3/c3-2-4-1-5-6(2)10-7(8)9/h1H,(H2,3,4,5). The molecule has 1 aromatic rings. The number of aromatic nitrogens is 3. The molecule has 0 atom stereocenters. The Bertz CT molecular complexity index is 243. The highest BCUT2D eigenvalue weighted by molar-refractivity contribution is 5.10. The van der Waals surface area contributed by atoms with Gasteiger partial charge in [-0.3, -0.25) is 0 Å². The number of rotatable bonds is 2. The van der Waals surface area contributed by atoms with E-state index in [9.17, 15) is 10.1 Å². The van der Waals surface area contributed by atoms with Crippen molar-refractivity contribution in [1.29, 1.82) is 0 Å². The first kappa shape index (κ1) is 6.26. The molecule has 0 radical (unpaired) electrons. The number of anilines is 1. The Labute approximate surface area is 54.3 Å². The summed E-state index contributed by atoms with van der Waals surface area (Å²) in [4.78, 5) is 17.4. The lowest BCUT2D eigenvalue weighted by Crippen LogP contribution is -2.20. The molecule has 0 saturated heterocycles. The minimum atomic E-state index is -1.04. The number of hydrogen-bond donors (Lipinski definition) is 1. The van der Waals surface area contributed by atoms with E-state index in [4.69, 9.17) is 5.73 Å². The molecule has 0 spiro atoms. The van der Waals surface area contributed by atoms with Crippen LogP contribution in [0.1, 0.15) is 0 Å². The van der Waals surface area contributed by atoms with Crippen molar-refractivity contribution in [3.63, 3.8) is 0 Å². The summed E-state index contributed by atoms with van der Waals surface area (Å²) in [7, 11) is 0. The van der Waals surface area contributed by atoms with Crippen molar-refractivity contribution in [2.45, 2.75) is 0 Å². The smallest absolute Gasteiger partial charge is 0.346 e. The molecule has 10 heavy (non-hydrogen) atoms. The van der Waals surface area contributed by atoms with Crippen LogP contribution in [0, 0.1) is 10.1 Å². The lowest BCUT2D eigenvalue weighted by atomic mass is 11.1. The molecule has 0 amide bonds. The highest BCUT2D eigenvalue weighted by Crippen LogP contribution is 1.88. The average Bonchev–Trinajstić information content (AvgIpc) is 2.15. The van der Waals surface area contributed by atoms with E-state index in [0.29, 0.717) is 4.85 Å². The minimum Gasteiger partial charge on any atom is -0.346 e. The van der Waals surface area contributed by atoms with E-state index in [-0.39, 0.29) is 5.95 Å². The quantitative estimate of drug-likeness (QED) is 0.399. The van der Waals surface area contributed by atoms with Crippen LogP contribution in [0.15, 0.2) is 6.33 Å². The van der Waals surface area contributed by atoms with Crippen molar-refractivity contribution in [1.82, 2.24) is 14.9 Å². The fourth-order valence-electron chi connectivity index (χ4n) is 0.366. The van der Waals surface area contributed by atoms with Crippen LogP contribution in [0.4, 0.5) is 5.95 Å². The summed E-state index contributed by atoms with van der Waals surface area (Å²) in [5.74, 6) is -0.170. The highest BCUT2D eigenvalue weighted by atomic mass is 17.0. The Balaban J connectivity index is 2.74. The second kappa shape index (κ2) is 2.17. The highest BCUT2D eigenvalue weighted by Gasteiger charge is 2.05. The van der Waals surface area contributed by atoms with Crippen molar-refractivity contribution in [2.75, 3.05) is 5.73 Å². The zero-order valence-electron chi connectivity index (χ0n) is 4.67. The molecule has 0 aliphatic carbocycles. The molecule has 0 aliphatic rings. The fraction of sp³-hybridized carbons (Fsp3) is 0. The number of hydrogen-bond acceptors (Lipinski definition) is 6. The van der Waals surface area contributed by atoms with Crippen LogP contribution in [-0.4, -0.2) is 20.0 Å². The third-order valence-electron chi connectivity index (χ3n) is 0.687. The first-order valence-corrected chi connectivity index (χ1v) is 2.18. The second-order valence-corrected chi connectivity index (χ2v) is 1.30. The maximum atomic E-state index is 9.66. The summed E-state index contributed by atoms with van der Waals surface area (Å²) in [6.07, 6.45) is 1.04. The van der Waals surface area contributed by atoms with Crippen LogP contribution in [0.5, 0.6) is 0 Å². The van der Waals surface area contributed by atoms with Gasteiger partial charge in [-0.15, -0.1) is 0 Å². The van der Waals surface area contributed by atoms with Gasteiger partial charge in [-0.1, -0.05) is 0 Å². The van der Waals surface area contributed by atoms with Gasteiger partial charge in [0.25, 0.3) is 0 Å². The van der Waals surface area contributed by atoms with E-state index in [2.05, 4.69) is 15.0 Å². The molecule has 54 valence electrons. The van der Waals surface area contributed by atoms with Gasteiger partial charge in [-0.2, -0.15) is 9.92 Å². The molecule has 2 N–H and O–H groups in total. The maximum absolute atomic E-state index is 9.66. The molecule has 1 rings (SSSR count). The topological polar surface area (TPSA) is 109 Å². The maximum Gasteiger partial charge on any atom is 0.346 e. The Morgan fingerprint density at radius 3 is 3.00 bits per heavy atom. The van der Waals surface area contributed by atoms with E-state index >= 15 is 0 Å². The van der Waals surface area contributed by atoms with Crippen LogP contribution in [-0.2, 0) is 0 Å². The summed E-state index contributed by atoms with van der Waals surface area (Å²) in [5, 5.41) is 11.9. The van der Waals surface area contributed by atoms with Crippen LogP contribution in [0.3, 0.4) is 0 Å². The van der Waals surface area contributed by atoms with Crippen LogP contribution >= 0.6 is 0 Å². The monoisotopic (exact) mass is 145 g/mol. The Morgan fingerprint density at radius 1 is 1.90 bits per heavy atom. The predicted molar refractivity (Wildman–Crippen MR) is 28.0 cm³/mol. The van der Waals surface area contributed by atoms with Gasteiger partial charge in [0.1, 0.15) is 0 Å². The van der Waals surface area contributed by atoms with Gasteiger partial charge in [0.15, 0.2) is 11.4 Å². The number of nitrogen functional groups attached to an aromatic ring is 1. The van der Waals surface area contributed by atoms with Gasteiger partial charge in [0.2, 0.25) is 0 Å². The number of nitrogens with two attached hydrogens (primary N) is 1. The lowest BCUT2D eigenvalue weighted by Gasteiger charge is -1.92. The second-order valence-electron chi connectivity index (χ2n) is 1.30. The lowest BCUT2D eigenvalue weighted by molar-refractivity contribution is -0.751. The van der Waals surface area contributed by atoms with Crippen molar-refractivity contribution >= 4 is 5.95 Å². The van der Waals surface area contributed by atoms with E-state index in [1.54, 1.807) is 0 Å². The molecule has 1 aromatic heterocycles. The van der Waals surface area contributed by atoms with Crippen LogP contribution < -0.4 is 10.7 Å². The first-order chi connectivity index (χ1) is 4.70. The fourth-order valence-corrected chi connectivity index (χ4v) is 0.366. The van der Waals surface area contributed by atoms with Gasteiger partial charge < -0.3 is 5.73 Å². The van der Waals surface area contributed by atoms with Crippen molar-refractivity contribution in [3.8, 4) is 0 Å². The molecule has 8 nitrogen and oxygen atoms in total. The summed E-state index contributed by atoms with van der Waals surface area (Å²) < 4.78 is 0. The average molecular weight is 145 g/mol. The van der Waals surface area contributed by atoms with Crippen molar-refractivity contribution in [3.05, 3.63) is 16.4 Å². The van der Waals surface area contributed by atoms with Crippen LogP contribution in [0.25, 0.3) is 0 Å². The summed E-state index contributed by atoms with van der Waals surface area (Å²) in [6.45, 7) is 0. The summed E-state index contributed by atoms with van der Waals surface area (Å²) >= 11 is 0. The normalized spacial score (nSPS) is 9.20. The van der Waals surface area contributed by atoms with Gasteiger partial charge >= 0.3 is 5.95 Å². The third-order valence-corrected chi connectivity index (χ3v) is 0.687. The van der Waals surface area contributed by atoms with Crippen LogP contribution in [0.2, 0.25) is 0 Å². The molecule has 8 heteroatoms. The van der Waals surface area contributed by atoms with Gasteiger partial charge in [0.05, 0.1) is 0 Å². The molecule has 0 bridgehead atoms. The van der Waals surface area contributed by atoms with E-state index in [1.807, 2.05) is 0 Å². The predicted octanol–water partition coefficient (Wildman–Crippen LogP) is -1.52.